The normalized spacial score (nSPS) is 9.62. The first-order chi connectivity index (χ1) is 10.2. The second-order valence-electron chi connectivity index (χ2n) is 4.70. The van der Waals surface area contributed by atoms with Gasteiger partial charge in [0.25, 0.3) is 5.91 Å². The summed E-state index contributed by atoms with van der Waals surface area (Å²) >= 11 is 0. The van der Waals surface area contributed by atoms with Crippen molar-refractivity contribution in [1.29, 1.82) is 0 Å². The molecule has 106 valence electrons. The fourth-order valence-corrected chi connectivity index (χ4v) is 1.96. The minimum Gasteiger partial charge on any atom is -0.348 e. The van der Waals surface area contributed by atoms with E-state index in [0.29, 0.717) is 18.7 Å². The highest BCUT2D eigenvalue weighted by Crippen LogP contribution is 2.08. The van der Waals surface area contributed by atoms with Crippen LogP contribution in [0.4, 0.5) is 0 Å². The zero-order valence-corrected chi connectivity index (χ0v) is 12.0. The van der Waals surface area contributed by atoms with Gasteiger partial charge in [0.1, 0.15) is 0 Å². The largest absolute Gasteiger partial charge is 0.348 e. The number of nitrogens with one attached hydrogen (secondary N) is 1. The van der Waals surface area contributed by atoms with Gasteiger partial charge in [-0.25, -0.2) is 0 Å². The molecule has 0 bridgehead atoms. The van der Waals surface area contributed by atoms with Gasteiger partial charge in [0.05, 0.1) is 6.54 Å². The molecular weight excluding hydrogens is 260 g/mol. The van der Waals surface area contributed by atoms with Crippen molar-refractivity contribution in [3.8, 4) is 11.8 Å². The van der Waals surface area contributed by atoms with E-state index >= 15 is 0 Å². The van der Waals surface area contributed by atoms with E-state index in [0.717, 1.165) is 16.7 Å². The lowest BCUT2D eigenvalue weighted by atomic mass is 10.1. The zero-order valence-electron chi connectivity index (χ0n) is 12.0. The fraction of sp³-hybridized carbons (Fsp3) is 0.167. The maximum Gasteiger partial charge on any atom is 0.251 e. The molecule has 1 amide bonds. The quantitative estimate of drug-likeness (QED) is 0.846. The first kappa shape index (κ1) is 14.8. The van der Waals surface area contributed by atoms with Gasteiger partial charge in [0, 0.05) is 17.7 Å². The standard InChI is InChI=1S/C18H18N2O/c1-14-5-2-3-7-17(14)18(21)20-13-16-10-8-15(9-11-16)6-4-12-19/h2-3,5,7-11H,12-13,19H2,1H3,(H,20,21). The molecule has 0 saturated carbocycles. The Kier molecular flexibility index (Phi) is 5.14. The van der Waals surface area contributed by atoms with Crippen LogP contribution >= 0.6 is 0 Å². The van der Waals surface area contributed by atoms with Gasteiger partial charge in [-0.1, -0.05) is 42.2 Å². The number of hydrogen-bond acceptors (Lipinski definition) is 2. The number of aryl methyl sites for hydroxylation is 1. The Morgan fingerprint density at radius 3 is 2.52 bits per heavy atom. The van der Waals surface area contributed by atoms with Gasteiger partial charge < -0.3 is 11.1 Å². The van der Waals surface area contributed by atoms with Crippen LogP contribution in [0.5, 0.6) is 0 Å². The van der Waals surface area contributed by atoms with Gasteiger partial charge >= 0.3 is 0 Å². The number of benzene rings is 2. The summed E-state index contributed by atoms with van der Waals surface area (Å²) in [7, 11) is 0. The van der Waals surface area contributed by atoms with Gasteiger partial charge in [-0.2, -0.15) is 0 Å². The summed E-state index contributed by atoms with van der Waals surface area (Å²) in [5.41, 5.74) is 8.98. The minimum absolute atomic E-state index is 0.0555. The van der Waals surface area contributed by atoms with Crippen LogP contribution in [0.25, 0.3) is 0 Å². The summed E-state index contributed by atoms with van der Waals surface area (Å²) in [4.78, 5) is 12.1. The van der Waals surface area contributed by atoms with Crippen molar-refractivity contribution in [2.45, 2.75) is 13.5 Å². The fourth-order valence-electron chi connectivity index (χ4n) is 1.96. The molecule has 0 radical (unpaired) electrons. The van der Waals surface area contributed by atoms with Crippen molar-refractivity contribution < 1.29 is 4.79 Å². The van der Waals surface area contributed by atoms with Gasteiger partial charge in [-0.3, -0.25) is 4.79 Å². The SMILES string of the molecule is Cc1ccccc1C(=O)NCc1ccc(C#CCN)cc1. The van der Waals surface area contributed by atoms with Crippen molar-refractivity contribution >= 4 is 5.91 Å². The molecule has 0 aliphatic rings. The number of amides is 1. The third kappa shape index (κ3) is 4.20. The highest BCUT2D eigenvalue weighted by Gasteiger charge is 2.07. The molecule has 0 unspecified atom stereocenters. The summed E-state index contributed by atoms with van der Waals surface area (Å²) < 4.78 is 0. The van der Waals surface area contributed by atoms with E-state index in [2.05, 4.69) is 17.2 Å². The Bertz CT molecular complexity index is 678. The number of hydrogen-bond donors (Lipinski definition) is 2. The van der Waals surface area contributed by atoms with Crippen molar-refractivity contribution in [2.24, 2.45) is 5.73 Å². The van der Waals surface area contributed by atoms with Crippen LogP contribution in [-0.2, 0) is 6.54 Å². The molecule has 2 rings (SSSR count). The molecule has 0 spiro atoms. The third-order valence-electron chi connectivity index (χ3n) is 3.13. The van der Waals surface area contributed by atoms with Crippen LogP contribution in [0.15, 0.2) is 48.5 Å². The van der Waals surface area contributed by atoms with Crippen LogP contribution in [0.1, 0.15) is 27.0 Å². The molecule has 2 aromatic rings. The van der Waals surface area contributed by atoms with Crippen LogP contribution in [0.2, 0.25) is 0 Å². The summed E-state index contributed by atoms with van der Waals surface area (Å²) in [6.45, 7) is 2.78. The molecule has 0 fully saturated rings. The number of nitrogens with two attached hydrogens (primary N) is 1. The van der Waals surface area contributed by atoms with Crippen LogP contribution in [-0.4, -0.2) is 12.5 Å². The van der Waals surface area contributed by atoms with Gasteiger partial charge in [-0.05, 0) is 36.2 Å². The Balaban J connectivity index is 1.97. The second kappa shape index (κ2) is 7.28. The van der Waals surface area contributed by atoms with Gasteiger partial charge in [0.15, 0.2) is 0 Å². The maximum atomic E-state index is 12.1. The topological polar surface area (TPSA) is 55.1 Å². The number of carbonyl (C=O) groups is 1. The zero-order chi connectivity index (χ0) is 15.1. The summed E-state index contributed by atoms with van der Waals surface area (Å²) in [5.74, 6) is 5.72. The van der Waals surface area contributed by atoms with E-state index in [9.17, 15) is 4.79 Å². The van der Waals surface area contributed by atoms with E-state index in [1.165, 1.54) is 0 Å². The average molecular weight is 278 g/mol. The predicted molar refractivity (Wildman–Crippen MR) is 84.7 cm³/mol. The van der Waals surface area contributed by atoms with Crippen molar-refractivity contribution in [2.75, 3.05) is 6.54 Å². The van der Waals surface area contributed by atoms with Crippen molar-refractivity contribution in [3.05, 3.63) is 70.8 Å². The molecular formula is C18H18N2O. The highest BCUT2D eigenvalue weighted by atomic mass is 16.1. The first-order valence-corrected chi connectivity index (χ1v) is 6.82. The average Bonchev–Trinajstić information content (AvgIpc) is 2.52. The van der Waals surface area contributed by atoms with Crippen LogP contribution in [0.3, 0.4) is 0 Å². The number of carbonyl (C=O) groups excluding carboxylic acids is 1. The maximum absolute atomic E-state index is 12.1. The molecule has 0 atom stereocenters. The Morgan fingerprint density at radius 1 is 1.14 bits per heavy atom. The molecule has 3 nitrogen and oxygen atoms in total. The molecule has 0 saturated heterocycles. The van der Waals surface area contributed by atoms with Crippen LogP contribution in [0, 0.1) is 18.8 Å². The van der Waals surface area contributed by atoms with E-state index < -0.39 is 0 Å². The second-order valence-corrected chi connectivity index (χ2v) is 4.70. The molecule has 3 N–H and O–H groups in total. The lowest BCUT2D eigenvalue weighted by Crippen LogP contribution is -2.23. The minimum atomic E-state index is -0.0555. The van der Waals surface area contributed by atoms with Crippen LogP contribution < -0.4 is 11.1 Å². The molecule has 0 heterocycles. The predicted octanol–water partition coefficient (Wildman–Crippen LogP) is 2.24. The molecule has 3 heteroatoms. The Hall–Kier alpha value is -2.57. The van der Waals surface area contributed by atoms with Crippen molar-refractivity contribution in [1.82, 2.24) is 5.32 Å². The molecule has 21 heavy (non-hydrogen) atoms. The summed E-state index contributed by atoms with van der Waals surface area (Å²) in [6, 6.07) is 15.3. The van der Waals surface area contributed by atoms with E-state index in [1.807, 2.05) is 55.5 Å². The van der Waals surface area contributed by atoms with Gasteiger partial charge in [-0.15, -0.1) is 0 Å². The Labute approximate surface area is 125 Å². The van der Waals surface area contributed by atoms with Crippen molar-refractivity contribution in [3.63, 3.8) is 0 Å². The lowest BCUT2D eigenvalue weighted by Gasteiger charge is -2.07. The molecule has 0 aromatic heterocycles. The smallest absolute Gasteiger partial charge is 0.251 e. The third-order valence-corrected chi connectivity index (χ3v) is 3.13. The summed E-state index contributed by atoms with van der Waals surface area (Å²) in [5, 5.41) is 2.92. The van der Waals surface area contributed by atoms with E-state index in [-0.39, 0.29) is 5.91 Å². The molecule has 2 aromatic carbocycles. The number of rotatable bonds is 3. The molecule has 0 aliphatic heterocycles. The van der Waals surface area contributed by atoms with E-state index in [4.69, 9.17) is 5.73 Å². The van der Waals surface area contributed by atoms with E-state index in [1.54, 1.807) is 0 Å². The monoisotopic (exact) mass is 278 g/mol. The summed E-state index contributed by atoms with van der Waals surface area (Å²) in [6.07, 6.45) is 0. The first-order valence-electron chi connectivity index (χ1n) is 6.82. The van der Waals surface area contributed by atoms with Gasteiger partial charge in [0.2, 0.25) is 0 Å². The Morgan fingerprint density at radius 2 is 1.86 bits per heavy atom. The molecule has 0 aliphatic carbocycles. The highest BCUT2D eigenvalue weighted by molar-refractivity contribution is 5.95. The lowest BCUT2D eigenvalue weighted by molar-refractivity contribution is 0.0950.